The van der Waals surface area contributed by atoms with E-state index in [0.29, 0.717) is 24.3 Å². The highest BCUT2D eigenvalue weighted by molar-refractivity contribution is 6.39. The van der Waals surface area contributed by atoms with Gasteiger partial charge in [0.25, 0.3) is 0 Å². The molecular formula is C23H25N3O3. The molecule has 0 radical (unpaired) electrons. The molecular weight excluding hydrogens is 366 g/mol. The molecule has 2 aromatic rings. The van der Waals surface area contributed by atoms with Gasteiger partial charge in [0.2, 0.25) is 0 Å². The summed E-state index contributed by atoms with van der Waals surface area (Å²) in [5.74, 6) is -1.31. The number of Topliss-reactive ketones (excluding diaryl/α,β-unsaturated/α-hetero) is 1. The molecule has 0 atom stereocenters. The van der Waals surface area contributed by atoms with Crippen LogP contribution in [0.15, 0.2) is 60.7 Å². The van der Waals surface area contributed by atoms with Crippen molar-refractivity contribution in [1.29, 1.82) is 0 Å². The zero-order valence-corrected chi connectivity index (χ0v) is 16.5. The molecule has 0 unspecified atom stereocenters. The summed E-state index contributed by atoms with van der Waals surface area (Å²) in [6, 6.07) is 16.7. The molecule has 1 aliphatic heterocycles. The van der Waals surface area contributed by atoms with Crippen LogP contribution in [0.4, 0.5) is 5.69 Å². The molecule has 29 heavy (non-hydrogen) atoms. The smallest absolute Gasteiger partial charge is 0.313 e. The normalized spacial score (nSPS) is 14.7. The third-order valence-electron chi connectivity index (χ3n) is 4.85. The van der Waals surface area contributed by atoms with Crippen LogP contribution in [-0.2, 0) is 9.59 Å². The molecule has 2 aromatic carbocycles. The Morgan fingerprint density at radius 2 is 1.69 bits per heavy atom. The van der Waals surface area contributed by atoms with E-state index in [1.165, 1.54) is 6.92 Å². The summed E-state index contributed by atoms with van der Waals surface area (Å²) in [4.78, 5) is 40.0. The van der Waals surface area contributed by atoms with Crippen molar-refractivity contribution in [3.8, 4) is 0 Å². The summed E-state index contributed by atoms with van der Waals surface area (Å²) in [6.45, 7) is 4.73. The van der Waals surface area contributed by atoms with Gasteiger partial charge in [0.05, 0.1) is 0 Å². The van der Waals surface area contributed by atoms with Crippen LogP contribution >= 0.6 is 0 Å². The first kappa shape index (κ1) is 20.5. The zero-order valence-electron chi connectivity index (χ0n) is 16.5. The highest BCUT2D eigenvalue weighted by Crippen LogP contribution is 2.12. The lowest BCUT2D eigenvalue weighted by Gasteiger charge is -2.33. The maximum Gasteiger partial charge on any atom is 0.313 e. The second-order valence-corrected chi connectivity index (χ2v) is 7.00. The van der Waals surface area contributed by atoms with Crippen molar-refractivity contribution in [2.75, 3.05) is 38.0 Å². The van der Waals surface area contributed by atoms with Gasteiger partial charge in [-0.1, -0.05) is 54.6 Å². The van der Waals surface area contributed by atoms with Crippen molar-refractivity contribution in [2.24, 2.45) is 0 Å². The largest absolute Gasteiger partial charge is 0.332 e. The molecule has 0 aromatic heterocycles. The van der Waals surface area contributed by atoms with E-state index >= 15 is 0 Å². The van der Waals surface area contributed by atoms with Crippen LogP contribution in [-0.4, -0.2) is 60.1 Å². The fourth-order valence-corrected chi connectivity index (χ4v) is 3.18. The Labute approximate surface area is 170 Å². The van der Waals surface area contributed by atoms with Crippen LogP contribution in [0.2, 0.25) is 0 Å². The number of nitrogens with one attached hydrogen (secondary N) is 1. The van der Waals surface area contributed by atoms with Crippen LogP contribution in [0.5, 0.6) is 0 Å². The molecule has 6 nitrogen and oxygen atoms in total. The number of carbonyl (C=O) groups excluding carboxylic acids is 3. The minimum atomic E-state index is -0.678. The first-order chi connectivity index (χ1) is 14.0. The summed E-state index contributed by atoms with van der Waals surface area (Å²) in [5.41, 5.74) is 2.10. The lowest BCUT2D eigenvalue weighted by Crippen LogP contribution is -2.51. The Morgan fingerprint density at radius 1 is 0.966 bits per heavy atom. The van der Waals surface area contributed by atoms with E-state index in [1.807, 2.05) is 18.2 Å². The highest BCUT2D eigenvalue weighted by Gasteiger charge is 2.25. The molecule has 150 valence electrons. The van der Waals surface area contributed by atoms with Gasteiger partial charge in [-0.05, 0) is 24.6 Å². The predicted molar refractivity (Wildman–Crippen MR) is 114 cm³/mol. The van der Waals surface area contributed by atoms with Crippen molar-refractivity contribution in [1.82, 2.24) is 9.80 Å². The van der Waals surface area contributed by atoms with Gasteiger partial charge in [-0.15, -0.1) is 0 Å². The third kappa shape index (κ3) is 5.86. The van der Waals surface area contributed by atoms with Crippen LogP contribution in [0.1, 0.15) is 22.8 Å². The molecule has 2 amide bonds. The van der Waals surface area contributed by atoms with Gasteiger partial charge in [-0.3, -0.25) is 19.3 Å². The van der Waals surface area contributed by atoms with Crippen LogP contribution < -0.4 is 5.32 Å². The van der Waals surface area contributed by atoms with E-state index < -0.39 is 11.8 Å². The number of piperazine rings is 1. The van der Waals surface area contributed by atoms with E-state index in [9.17, 15) is 14.4 Å². The van der Waals surface area contributed by atoms with Crippen LogP contribution in [0.3, 0.4) is 0 Å². The molecule has 3 rings (SSSR count). The topological polar surface area (TPSA) is 69.7 Å². The second-order valence-electron chi connectivity index (χ2n) is 7.00. The molecule has 1 heterocycles. The minimum absolute atomic E-state index is 0.0927. The van der Waals surface area contributed by atoms with Crippen LogP contribution in [0, 0.1) is 0 Å². The fourth-order valence-electron chi connectivity index (χ4n) is 3.18. The van der Waals surface area contributed by atoms with Gasteiger partial charge in [0.1, 0.15) is 0 Å². The van der Waals surface area contributed by atoms with Gasteiger partial charge in [0.15, 0.2) is 5.78 Å². The van der Waals surface area contributed by atoms with Crippen molar-refractivity contribution < 1.29 is 14.4 Å². The SMILES string of the molecule is CC(=O)c1cccc(NC(=O)C(=O)N2CCN(C/C=C/c3ccccc3)CC2)c1. The molecule has 0 bridgehead atoms. The van der Waals surface area contributed by atoms with Gasteiger partial charge < -0.3 is 10.2 Å². The van der Waals surface area contributed by atoms with E-state index in [1.54, 1.807) is 29.2 Å². The molecule has 0 spiro atoms. The summed E-state index contributed by atoms with van der Waals surface area (Å²) < 4.78 is 0. The lowest BCUT2D eigenvalue weighted by atomic mass is 10.1. The minimum Gasteiger partial charge on any atom is -0.332 e. The Hall–Kier alpha value is -3.25. The molecule has 0 saturated carbocycles. The van der Waals surface area contributed by atoms with Gasteiger partial charge >= 0.3 is 11.8 Å². The Kier molecular flexibility index (Phi) is 6.92. The number of amides is 2. The van der Waals surface area contributed by atoms with Crippen LogP contribution in [0.25, 0.3) is 6.08 Å². The Morgan fingerprint density at radius 3 is 2.38 bits per heavy atom. The number of nitrogens with zero attached hydrogens (tertiary/aromatic N) is 2. The third-order valence-corrected chi connectivity index (χ3v) is 4.85. The van der Waals surface area contributed by atoms with Crippen molar-refractivity contribution >= 4 is 29.4 Å². The molecule has 1 fully saturated rings. The second kappa shape index (κ2) is 9.80. The number of hydrogen-bond acceptors (Lipinski definition) is 4. The number of anilines is 1. The molecule has 0 aliphatic carbocycles. The van der Waals surface area contributed by atoms with Gasteiger partial charge in [0, 0.05) is 44.0 Å². The summed E-state index contributed by atoms with van der Waals surface area (Å²) in [5, 5.41) is 2.59. The Balaban J connectivity index is 1.47. The highest BCUT2D eigenvalue weighted by atomic mass is 16.2. The quantitative estimate of drug-likeness (QED) is 0.629. The average molecular weight is 391 g/mol. The van der Waals surface area contributed by atoms with Gasteiger partial charge in [-0.2, -0.15) is 0 Å². The maximum atomic E-state index is 12.4. The zero-order chi connectivity index (χ0) is 20.6. The van der Waals surface area contributed by atoms with E-state index in [0.717, 1.165) is 25.2 Å². The molecule has 1 saturated heterocycles. The first-order valence-corrected chi connectivity index (χ1v) is 9.68. The number of carbonyl (C=O) groups is 3. The lowest BCUT2D eigenvalue weighted by molar-refractivity contribution is -0.144. The summed E-state index contributed by atoms with van der Waals surface area (Å²) in [6.07, 6.45) is 4.20. The molecule has 1 aliphatic rings. The van der Waals surface area contributed by atoms with Crippen molar-refractivity contribution in [3.05, 3.63) is 71.8 Å². The van der Waals surface area contributed by atoms with Crippen molar-refractivity contribution in [3.63, 3.8) is 0 Å². The number of ketones is 1. The standard InChI is InChI=1S/C23H25N3O3/c1-18(27)20-10-5-11-21(17-20)24-22(28)23(29)26-15-13-25(14-16-26)12-6-9-19-7-3-2-4-8-19/h2-11,17H,12-16H2,1H3,(H,24,28)/b9-6+. The van der Waals surface area contributed by atoms with Crippen molar-refractivity contribution in [2.45, 2.75) is 6.92 Å². The monoisotopic (exact) mass is 391 g/mol. The molecule has 6 heteroatoms. The summed E-state index contributed by atoms with van der Waals surface area (Å²) >= 11 is 0. The number of benzene rings is 2. The van der Waals surface area contributed by atoms with E-state index in [2.05, 4.69) is 34.5 Å². The average Bonchev–Trinajstić information content (AvgIpc) is 2.74. The molecule has 1 N–H and O–H groups in total. The van der Waals surface area contributed by atoms with Gasteiger partial charge in [-0.25, -0.2) is 0 Å². The predicted octanol–water partition coefficient (Wildman–Crippen LogP) is 2.69. The number of rotatable bonds is 5. The first-order valence-electron chi connectivity index (χ1n) is 9.68. The number of hydrogen-bond donors (Lipinski definition) is 1. The van der Waals surface area contributed by atoms with E-state index in [-0.39, 0.29) is 5.78 Å². The van der Waals surface area contributed by atoms with E-state index in [4.69, 9.17) is 0 Å². The maximum absolute atomic E-state index is 12.4. The Bertz CT molecular complexity index is 901. The summed E-state index contributed by atoms with van der Waals surface area (Å²) in [7, 11) is 0. The fraction of sp³-hybridized carbons (Fsp3) is 0.261.